The first-order valence-corrected chi connectivity index (χ1v) is 6.67. The molecule has 17 heavy (non-hydrogen) atoms. The van der Waals surface area contributed by atoms with Crippen LogP contribution in [0, 0.1) is 17.8 Å². The number of carbonyl (C=O) groups is 1. The van der Waals surface area contributed by atoms with Gasteiger partial charge in [0.15, 0.2) is 0 Å². The zero-order valence-corrected chi connectivity index (χ0v) is 9.93. The van der Waals surface area contributed by atoms with Crippen LogP contribution >= 0.6 is 0 Å². The van der Waals surface area contributed by atoms with E-state index in [0.717, 1.165) is 37.8 Å². The van der Waals surface area contributed by atoms with E-state index in [2.05, 4.69) is 29.2 Å². The highest BCUT2D eigenvalue weighted by atomic mass is 16.2. The van der Waals surface area contributed by atoms with Crippen LogP contribution in [0.15, 0.2) is 24.3 Å². The van der Waals surface area contributed by atoms with Gasteiger partial charge in [-0.15, -0.1) is 0 Å². The maximum Gasteiger partial charge on any atom is 0.226 e. The number of hydrogen-bond acceptors (Lipinski definition) is 1. The minimum Gasteiger partial charge on any atom is -0.334 e. The molecule has 2 unspecified atom stereocenters. The van der Waals surface area contributed by atoms with Crippen LogP contribution in [0.2, 0.25) is 0 Å². The van der Waals surface area contributed by atoms with Gasteiger partial charge in [-0.1, -0.05) is 24.3 Å². The highest BCUT2D eigenvalue weighted by molar-refractivity contribution is 5.80. The molecule has 2 saturated carbocycles. The number of carbonyl (C=O) groups excluding carboxylic acids is 1. The van der Waals surface area contributed by atoms with Gasteiger partial charge in [0.2, 0.25) is 5.91 Å². The molecule has 3 aliphatic rings. The van der Waals surface area contributed by atoms with Gasteiger partial charge in [0.05, 0.1) is 0 Å². The first-order chi connectivity index (χ1) is 8.31. The molecule has 2 nitrogen and oxygen atoms in total. The summed E-state index contributed by atoms with van der Waals surface area (Å²) in [5.41, 5.74) is 2.67. The third-order valence-corrected chi connectivity index (χ3v) is 4.75. The predicted molar refractivity (Wildman–Crippen MR) is 65.0 cm³/mol. The quantitative estimate of drug-likeness (QED) is 0.722. The lowest BCUT2D eigenvalue weighted by atomic mass is 10.0. The Hall–Kier alpha value is -1.31. The summed E-state index contributed by atoms with van der Waals surface area (Å²) < 4.78 is 0. The van der Waals surface area contributed by atoms with Crippen LogP contribution in [0.5, 0.6) is 0 Å². The van der Waals surface area contributed by atoms with Gasteiger partial charge < -0.3 is 4.90 Å². The second kappa shape index (κ2) is 3.34. The highest BCUT2D eigenvalue weighted by Crippen LogP contribution is 2.54. The molecule has 1 amide bonds. The van der Waals surface area contributed by atoms with E-state index in [1.165, 1.54) is 17.5 Å². The van der Waals surface area contributed by atoms with Gasteiger partial charge in [0, 0.05) is 19.0 Å². The van der Waals surface area contributed by atoms with Gasteiger partial charge in [0.25, 0.3) is 0 Å². The number of fused-ring (bicyclic) bond motifs is 2. The fraction of sp³-hybridized carbons (Fsp3) is 0.533. The van der Waals surface area contributed by atoms with E-state index in [-0.39, 0.29) is 0 Å². The third-order valence-electron chi connectivity index (χ3n) is 4.75. The van der Waals surface area contributed by atoms with E-state index < -0.39 is 0 Å². The molecule has 0 N–H and O–H groups in total. The lowest BCUT2D eigenvalue weighted by Crippen LogP contribution is -2.31. The van der Waals surface area contributed by atoms with Crippen LogP contribution in [-0.4, -0.2) is 10.8 Å². The van der Waals surface area contributed by atoms with E-state index >= 15 is 0 Å². The van der Waals surface area contributed by atoms with Gasteiger partial charge in [-0.25, -0.2) is 0 Å². The molecule has 0 spiro atoms. The van der Waals surface area contributed by atoms with Crippen LogP contribution < -0.4 is 0 Å². The molecule has 0 saturated heterocycles. The van der Waals surface area contributed by atoms with Crippen molar-refractivity contribution in [3.63, 3.8) is 0 Å². The second-order valence-corrected chi connectivity index (χ2v) is 5.89. The first-order valence-electron chi connectivity index (χ1n) is 6.67. The summed E-state index contributed by atoms with van der Waals surface area (Å²) in [5, 5.41) is 0. The Balaban J connectivity index is 1.49. The van der Waals surface area contributed by atoms with Crippen molar-refractivity contribution in [3.05, 3.63) is 35.4 Å². The van der Waals surface area contributed by atoms with Gasteiger partial charge in [-0.2, -0.15) is 0 Å². The molecular weight excluding hydrogens is 210 g/mol. The maximum absolute atomic E-state index is 12.4. The molecule has 1 aromatic carbocycles. The molecule has 2 heteroatoms. The molecule has 1 aliphatic heterocycles. The molecule has 0 radical (unpaired) electrons. The molecular formula is C15H17NO. The van der Waals surface area contributed by atoms with Crippen molar-refractivity contribution in [2.45, 2.75) is 32.4 Å². The molecule has 1 aromatic rings. The van der Waals surface area contributed by atoms with E-state index in [4.69, 9.17) is 0 Å². The molecule has 1 heterocycles. The number of nitrogens with zero attached hydrogens (tertiary/aromatic N) is 1. The van der Waals surface area contributed by atoms with Crippen molar-refractivity contribution in [2.24, 2.45) is 17.8 Å². The number of benzene rings is 1. The Labute approximate surface area is 102 Å². The molecule has 0 bridgehead atoms. The summed E-state index contributed by atoms with van der Waals surface area (Å²) in [4.78, 5) is 14.5. The summed E-state index contributed by atoms with van der Waals surface area (Å²) in [7, 11) is 0. The summed E-state index contributed by atoms with van der Waals surface area (Å²) in [5.74, 6) is 2.55. The molecule has 0 aromatic heterocycles. The van der Waals surface area contributed by atoms with Crippen LogP contribution in [-0.2, 0) is 17.9 Å². The van der Waals surface area contributed by atoms with Crippen LogP contribution in [0.25, 0.3) is 0 Å². The van der Waals surface area contributed by atoms with Crippen molar-refractivity contribution in [2.75, 3.05) is 0 Å². The van der Waals surface area contributed by atoms with E-state index in [1.54, 1.807) is 0 Å². The second-order valence-electron chi connectivity index (χ2n) is 5.89. The van der Waals surface area contributed by atoms with Crippen LogP contribution in [0.3, 0.4) is 0 Å². The molecule has 2 aliphatic carbocycles. The van der Waals surface area contributed by atoms with Gasteiger partial charge >= 0.3 is 0 Å². The van der Waals surface area contributed by atoms with Crippen molar-refractivity contribution >= 4 is 5.91 Å². The smallest absolute Gasteiger partial charge is 0.226 e. The molecule has 88 valence electrons. The average molecular weight is 227 g/mol. The fourth-order valence-electron chi connectivity index (χ4n) is 3.66. The minimum absolute atomic E-state index is 0.341. The summed E-state index contributed by atoms with van der Waals surface area (Å²) in [6.07, 6.45) is 3.72. The standard InChI is InChI=1S/C15H17NO/c17-15(14-6-12-5-13(12)7-14)16-8-10-3-1-2-4-11(10)9-16/h1-4,12-14H,5-9H2. The normalized spacial score (nSPS) is 33.4. The molecule has 2 atom stereocenters. The van der Waals surface area contributed by atoms with E-state index in [9.17, 15) is 4.79 Å². The first kappa shape index (κ1) is 9.69. The SMILES string of the molecule is O=C(C1CC2CC2C1)N1Cc2ccccc2C1. The maximum atomic E-state index is 12.4. The third kappa shape index (κ3) is 1.50. The van der Waals surface area contributed by atoms with Crippen molar-refractivity contribution < 1.29 is 4.79 Å². The Morgan fingerprint density at radius 3 is 2.18 bits per heavy atom. The molecule has 2 fully saturated rings. The highest BCUT2D eigenvalue weighted by Gasteiger charge is 2.49. The van der Waals surface area contributed by atoms with Crippen molar-refractivity contribution in [1.29, 1.82) is 0 Å². The van der Waals surface area contributed by atoms with Gasteiger partial charge in [0.1, 0.15) is 0 Å². The van der Waals surface area contributed by atoms with Crippen molar-refractivity contribution in [3.8, 4) is 0 Å². The number of rotatable bonds is 1. The lowest BCUT2D eigenvalue weighted by molar-refractivity contribution is -0.136. The monoisotopic (exact) mass is 227 g/mol. The summed E-state index contributed by atoms with van der Waals surface area (Å²) >= 11 is 0. The van der Waals surface area contributed by atoms with Crippen LogP contribution in [0.4, 0.5) is 0 Å². The topological polar surface area (TPSA) is 20.3 Å². The largest absolute Gasteiger partial charge is 0.334 e. The van der Waals surface area contributed by atoms with E-state index in [0.29, 0.717) is 11.8 Å². The molecule has 4 rings (SSSR count). The van der Waals surface area contributed by atoms with E-state index in [1.807, 2.05) is 0 Å². The average Bonchev–Trinajstić information content (AvgIpc) is 2.81. The Bertz CT molecular complexity index is 447. The summed E-state index contributed by atoms with van der Waals surface area (Å²) in [6.45, 7) is 1.67. The number of amides is 1. The van der Waals surface area contributed by atoms with Gasteiger partial charge in [-0.05, 0) is 42.2 Å². The Morgan fingerprint density at radius 1 is 1.00 bits per heavy atom. The zero-order valence-electron chi connectivity index (χ0n) is 9.93. The summed E-state index contributed by atoms with van der Waals surface area (Å²) in [6, 6.07) is 8.43. The Kier molecular flexibility index (Phi) is 1.91. The minimum atomic E-state index is 0.341. The predicted octanol–water partition coefficient (Wildman–Crippen LogP) is 2.57. The fourth-order valence-corrected chi connectivity index (χ4v) is 3.66. The number of hydrogen-bond donors (Lipinski definition) is 0. The van der Waals surface area contributed by atoms with Gasteiger partial charge in [-0.3, -0.25) is 4.79 Å². The Morgan fingerprint density at radius 2 is 1.59 bits per heavy atom. The van der Waals surface area contributed by atoms with Crippen LogP contribution in [0.1, 0.15) is 30.4 Å². The zero-order chi connectivity index (χ0) is 11.4. The van der Waals surface area contributed by atoms with Crippen molar-refractivity contribution in [1.82, 2.24) is 4.90 Å². The lowest BCUT2D eigenvalue weighted by Gasteiger charge is -2.20.